The molecule has 0 atom stereocenters. The van der Waals surface area contributed by atoms with Crippen LogP contribution in [0, 0.1) is 0 Å². The Balaban J connectivity index is 2.83. The molecule has 0 saturated heterocycles. The van der Waals surface area contributed by atoms with Crippen LogP contribution >= 0.6 is 23.1 Å². The van der Waals surface area contributed by atoms with Gasteiger partial charge in [0, 0.05) is 18.0 Å². The van der Waals surface area contributed by atoms with Crippen LogP contribution in [0.15, 0.2) is 16.3 Å². The Labute approximate surface area is 106 Å². The molecular weight excluding hydrogens is 268 g/mol. The summed E-state index contributed by atoms with van der Waals surface area (Å²) < 4.78 is 24.6. The summed E-state index contributed by atoms with van der Waals surface area (Å²) in [5.41, 5.74) is 0. The first kappa shape index (κ1) is 14.4. The van der Waals surface area contributed by atoms with Gasteiger partial charge in [-0.15, -0.1) is 11.3 Å². The molecule has 17 heavy (non-hydrogen) atoms. The van der Waals surface area contributed by atoms with Gasteiger partial charge in [0.1, 0.15) is 4.88 Å². The lowest BCUT2D eigenvalue weighted by Gasteiger charge is -2.19. The lowest BCUT2D eigenvalue weighted by Crippen LogP contribution is -2.33. The topological polar surface area (TPSA) is 40.5 Å². The van der Waals surface area contributed by atoms with Gasteiger partial charge in [-0.25, -0.2) is 0 Å². The number of aliphatic hydroxyl groups is 1. The van der Waals surface area contributed by atoms with Crippen molar-refractivity contribution >= 4 is 29.0 Å². The minimum atomic E-state index is -2.54. The van der Waals surface area contributed by atoms with Crippen LogP contribution in [0.5, 0.6) is 0 Å². The first-order valence-corrected chi connectivity index (χ1v) is 6.78. The van der Waals surface area contributed by atoms with Crippen LogP contribution in [0.1, 0.15) is 16.6 Å². The molecule has 0 aliphatic rings. The quantitative estimate of drug-likeness (QED) is 0.815. The summed E-state index contributed by atoms with van der Waals surface area (Å²) in [6.45, 7) is 2.30. The van der Waals surface area contributed by atoms with Gasteiger partial charge < -0.3 is 10.0 Å². The van der Waals surface area contributed by atoms with Crippen molar-refractivity contribution < 1.29 is 18.7 Å². The lowest BCUT2D eigenvalue weighted by atomic mass is 10.4. The molecule has 0 bridgehead atoms. The third-order valence-electron chi connectivity index (χ3n) is 2.08. The summed E-state index contributed by atoms with van der Waals surface area (Å²) in [4.78, 5) is 14.0. The predicted octanol–water partition coefficient (Wildman–Crippen LogP) is 2.52. The number of thioether (sulfide) groups is 1. The summed E-state index contributed by atoms with van der Waals surface area (Å²) in [5, 5.41) is 10.4. The summed E-state index contributed by atoms with van der Waals surface area (Å²) >= 11 is 1.52. The summed E-state index contributed by atoms with van der Waals surface area (Å²) in [6, 6.07) is 1.52. The number of alkyl halides is 2. The standard InChI is InChI=1S/C10H13F2NO2S2/c1-2-13(4-5-14)9(15)8-7(3-6-16-8)17-10(11)12/h3,6,10,14H,2,4-5H2,1H3. The van der Waals surface area contributed by atoms with Crippen molar-refractivity contribution in [3.63, 3.8) is 0 Å². The van der Waals surface area contributed by atoms with Crippen LogP contribution < -0.4 is 0 Å². The van der Waals surface area contributed by atoms with E-state index in [9.17, 15) is 13.6 Å². The number of carbonyl (C=O) groups excluding carboxylic acids is 1. The second-order valence-corrected chi connectivity index (χ2v) is 5.05. The molecule has 0 saturated carbocycles. The van der Waals surface area contributed by atoms with Crippen LogP contribution in [-0.2, 0) is 0 Å². The molecule has 0 aromatic carbocycles. The predicted molar refractivity (Wildman–Crippen MR) is 64.8 cm³/mol. The van der Waals surface area contributed by atoms with Crippen molar-refractivity contribution in [2.45, 2.75) is 17.6 Å². The van der Waals surface area contributed by atoms with Gasteiger partial charge in [0.25, 0.3) is 11.7 Å². The molecule has 0 aliphatic carbocycles. The molecule has 1 rings (SSSR count). The maximum atomic E-state index is 12.3. The molecule has 0 spiro atoms. The van der Waals surface area contributed by atoms with Gasteiger partial charge in [-0.05, 0) is 18.4 Å². The fraction of sp³-hybridized carbons (Fsp3) is 0.500. The molecule has 1 amide bonds. The van der Waals surface area contributed by atoms with E-state index >= 15 is 0 Å². The highest BCUT2D eigenvalue weighted by atomic mass is 32.2. The molecule has 1 aromatic heterocycles. The van der Waals surface area contributed by atoms with Gasteiger partial charge in [-0.3, -0.25) is 4.79 Å². The average molecular weight is 281 g/mol. The Kier molecular flexibility index (Phi) is 5.87. The van der Waals surface area contributed by atoms with E-state index in [1.807, 2.05) is 0 Å². The first-order valence-electron chi connectivity index (χ1n) is 5.02. The van der Waals surface area contributed by atoms with Gasteiger partial charge >= 0.3 is 0 Å². The van der Waals surface area contributed by atoms with E-state index in [1.54, 1.807) is 12.3 Å². The fourth-order valence-electron chi connectivity index (χ4n) is 1.31. The zero-order valence-corrected chi connectivity index (χ0v) is 10.9. The second kappa shape index (κ2) is 6.93. The Morgan fingerprint density at radius 1 is 1.65 bits per heavy atom. The van der Waals surface area contributed by atoms with E-state index in [-0.39, 0.29) is 19.1 Å². The Morgan fingerprint density at radius 3 is 2.88 bits per heavy atom. The van der Waals surface area contributed by atoms with Gasteiger partial charge in [0.2, 0.25) is 0 Å². The van der Waals surface area contributed by atoms with Crippen LogP contribution in [0.25, 0.3) is 0 Å². The number of carbonyl (C=O) groups is 1. The minimum Gasteiger partial charge on any atom is -0.395 e. The van der Waals surface area contributed by atoms with Crippen molar-refractivity contribution in [2.75, 3.05) is 19.7 Å². The number of thiophene rings is 1. The van der Waals surface area contributed by atoms with Crippen LogP contribution in [0.4, 0.5) is 8.78 Å². The molecule has 96 valence electrons. The molecule has 0 aliphatic heterocycles. The average Bonchev–Trinajstić information content (AvgIpc) is 2.72. The fourth-order valence-corrected chi connectivity index (χ4v) is 2.97. The van der Waals surface area contributed by atoms with Crippen molar-refractivity contribution in [3.8, 4) is 0 Å². The third kappa shape index (κ3) is 3.93. The van der Waals surface area contributed by atoms with Gasteiger partial charge in [-0.1, -0.05) is 11.8 Å². The summed E-state index contributed by atoms with van der Waals surface area (Å²) in [7, 11) is 0. The highest BCUT2D eigenvalue weighted by molar-refractivity contribution is 7.99. The van der Waals surface area contributed by atoms with Crippen LogP contribution in [0.2, 0.25) is 0 Å². The van der Waals surface area contributed by atoms with Gasteiger partial charge in [0.05, 0.1) is 6.61 Å². The van der Waals surface area contributed by atoms with E-state index in [0.29, 0.717) is 28.1 Å². The number of likely N-dealkylation sites (N-methyl/N-ethyl adjacent to an activating group) is 1. The number of halogens is 2. The molecule has 7 heteroatoms. The number of aliphatic hydroxyl groups excluding tert-OH is 1. The van der Waals surface area contributed by atoms with Crippen molar-refractivity contribution in [2.24, 2.45) is 0 Å². The number of hydrogen-bond acceptors (Lipinski definition) is 4. The zero-order valence-electron chi connectivity index (χ0n) is 9.23. The number of amides is 1. The zero-order chi connectivity index (χ0) is 12.8. The van der Waals surface area contributed by atoms with Crippen LogP contribution in [0.3, 0.4) is 0 Å². The Hall–Kier alpha value is -0.660. The maximum Gasteiger partial charge on any atom is 0.288 e. The van der Waals surface area contributed by atoms with Crippen molar-refractivity contribution in [1.82, 2.24) is 4.90 Å². The van der Waals surface area contributed by atoms with Crippen LogP contribution in [-0.4, -0.2) is 41.4 Å². The summed E-state index contributed by atoms with van der Waals surface area (Å²) in [5.74, 6) is -2.84. The SMILES string of the molecule is CCN(CCO)C(=O)c1sccc1SC(F)F. The van der Waals surface area contributed by atoms with E-state index in [2.05, 4.69) is 0 Å². The monoisotopic (exact) mass is 281 g/mol. The lowest BCUT2D eigenvalue weighted by molar-refractivity contribution is 0.0733. The summed E-state index contributed by atoms with van der Waals surface area (Å²) in [6.07, 6.45) is 0. The minimum absolute atomic E-state index is 0.137. The molecule has 0 radical (unpaired) electrons. The normalized spacial score (nSPS) is 10.9. The highest BCUT2D eigenvalue weighted by Gasteiger charge is 2.21. The molecule has 0 fully saturated rings. The van der Waals surface area contributed by atoms with Gasteiger partial charge in [0.15, 0.2) is 0 Å². The maximum absolute atomic E-state index is 12.3. The highest BCUT2D eigenvalue weighted by Crippen LogP contribution is 2.32. The van der Waals surface area contributed by atoms with E-state index in [4.69, 9.17) is 5.11 Å². The second-order valence-electron chi connectivity index (χ2n) is 3.10. The number of nitrogens with zero attached hydrogens (tertiary/aromatic N) is 1. The Bertz CT molecular complexity index is 371. The number of hydrogen-bond donors (Lipinski definition) is 1. The smallest absolute Gasteiger partial charge is 0.288 e. The molecule has 3 nitrogen and oxygen atoms in total. The third-order valence-corrected chi connectivity index (χ3v) is 3.88. The van der Waals surface area contributed by atoms with E-state index < -0.39 is 5.76 Å². The largest absolute Gasteiger partial charge is 0.395 e. The molecule has 0 unspecified atom stereocenters. The molecule has 1 heterocycles. The van der Waals surface area contributed by atoms with E-state index in [1.165, 1.54) is 11.0 Å². The van der Waals surface area contributed by atoms with Gasteiger partial charge in [-0.2, -0.15) is 8.78 Å². The van der Waals surface area contributed by atoms with Crippen molar-refractivity contribution in [3.05, 3.63) is 16.3 Å². The Morgan fingerprint density at radius 2 is 2.35 bits per heavy atom. The van der Waals surface area contributed by atoms with Crippen molar-refractivity contribution in [1.29, 1.82) is 0 Å². The molecule has 1 aromatic rings. The first-order chi connectivity index (χ1) is 8.10. The van der Waals surface area contributed by atoms with E-state index in [0.717, 1.165) is 11.3 Å². The number of rotatable bonds is 6. The molecule has 1 N–H and O–H groups in total. The molecular formula is C10H13F2NO2S2.